The summed E-state index contributed by atoms with van der Waals surface area (Å²) in [5.74, 6) is 0.986. The van der Waals surface area contributed by atoms with Gasteiger partial charge in [0, 0.05) is 0 Å². The van der Waals surface area contributed by atoms with Gasteiger partial charge in [0.25, 0.3) is 0 Å². The average molecular weight is 246 g/mol. The molecule has 1 heterocycles. The topological polar surface area (TPSA) is 43.4 Å². The molecule has 4 unspecified atom stereocenters. The van der Waals surface area contributed by atoms with Crippen LogP contribution in [-0.2, 0) is 14.3 Å². The summed E-state index contributed by atoms with van der Waals surface area (Å²) in [6.45, 7) is 0. The van der Waals surface area contributed by atoms with Crippen LogP contribution in [-0.4, -0.2) is 11.9 Å². The van der Waals surface area contributed by atoms with E-state index in [1.54, 1.807) is 0 Å². The van der Waals surface area contributed by atoms with Gasteiger partial charge in [0.15, 0.2) is 0 Å². The molecular formula is C15H18O3. The van der Waals surface area contributed by atoms with Crippen LogP contribution in [0.1, 0.15) is 32.1 Å². The van der Waals surface area contributed by atoms with Crippen LogP contribution in [0.2, 0.25) is 0 Å². The Hall–Kier alpha value is -1.12. The molecule has 1 saturated heterocycles. The number of esters is 2. The first-order valence-electron chi connectivity index (χ1n) is 7.21. The zero-order valence-electron chi connectivity index (χ0n) is 10.4. The summed E-state index contributed by atoms with van der Waals surface area (Å²) in [6.07, 6.45) is 10.9. The van der Waals surface area contributed by atoms with Gasteiger partial charge >= 0.3 is 11.9 Å². The van der Waals surface area contributed by atoms with Gasteiger partial charge in [0.05, 0.1) is 11.8 Å². The van der Waals surface area contributed by atoms with Crippen molar-refractivity contribution in [3.63, 3.8) is 0 Å². The Morgan fingerprint density at radius 1 is 0.889 bits per heavy atom. The maximum Gasteiger partial charge on any atom is 0.318 e. The van der Waals surface area contributed by atoms with Crippen LogP contribution in [0.15, 0.2) is 12.2 Å². The largest absolute Gasteiger partial charge is 0.393 e. The summed E-state index contributed by atoms with van der Waals surface area (Å²) < 4.78 is 4.83. The Bertz CT molecular complexity index is 403. The predicted molar refractivity (Wildman–Crippen MR) is 64.3 cm³/mol. The molecule has 0 radical (unpaired) electrons. The number of rotatable bonds is 1. The molecule has 18 heavy (non-hydrogen) atoms. The normalized spacial score (nSPS) is 46.6. The van der Waals surface area contributed by atoms with Crippen molar-refractivity contribution >= 4 is 11.9 Å². The number of cyclic esters (lactones) is 2. The molecule has 0 N–H and O–H groups in total. The molecule has 0 aromatic rings. The standard InChI is InChI=1S/C15H18O3/c16-14-12-9-6-7-10(13(12)15(17)18-14)11(9)8-4-2-1-3-5-8/h6-13H,1-5H2. The van der Waals surface area contributed by atoms with Gasteiger partial charge in [-0.1, -0.05) is 44.3 Å². The van der Waals surface area contributed by atoms with Crippen molar-refractivity contribution in [1.29, 1.82) is 0 Å². The molecule has 3 aliphatic carbocycles. The second kappa shape index (κ2) is 3.69. The summed E-state index contributed by atoms with van der Waals surface area (Å²) in [6, 6.07) is 0. The van der Waals surface area contributed by atoms with Crippen LogP contribution < -0.4 is 0 Å². The van der Waals surface area contributed by atoms with Crippen LogP contribution in [0.4, 0.5) is 0 Å². The number of allylic oxidation sites excluding steroid dienone is 2. The molecule has 4 atom stereocenters. The first kappa shape index (κ1) is 10.8. The molecule has 3 nitrogen and oxygen atoms in total. The Kier molecular flexibility index (Phi) is 2.21. The van der Waals surface area contributed by atoms with Gasteiger partial charge in [0.2, 0.25) is 0 Å². The molecule has 4 rings (SSSR count). The number of carbonyl (C=O) groups is 2. The smallest absolute Gasteiger partial charge is 0.318 e. The molecular weight excluding hydrogens is 228 g/mol. The maximum atomic E-state index is 11.8. The minimum absolute atomic E-state index is 0.153. The molecule has 3 fully saturated rings. The van der Waals surface area contributed by atoms with Crippen molar-refractivity contribution in [2.75, 3.05) is 0 Å². The number of hydrogen-bond donors (Lipinski definition) is 0. The Morgan fingerprint density at radius 3 is 2.00 bits per heavy atom. The molecule has 1 aliphatic heterocycles. The summed E-state index contributed by atoms with van der Waals surface area (Å²) in [7, 11) is 0. The number of carbonyl (C=O) groups excluding carboxylic acids is 2. The van der Waals surface area contributed by atoms with Crippen molar-refractivity contribution in [2.45, 2.75) is 32.1 Å². The van der Waals surface area contributed by atoms with Crippen molar-refractivity contribution in [3.05, 3.63) is 12.2 Å². The zero-order valence-corrected chi connectivity index (χ0v) is 10.4. The van der Waals surface area contributed by atoms with Crippen LogP contribution in [0.25, 0.3) is 0 Å². The Morgan fingerprint density at radius 2 is 1.44 bits per heavy atom. The molecule has 96 valence electrons. The van der Waals surface area contributed by atoms with E-state index in [0.717, 1.165) is 5.92 Å². The second-order valence-corrected chi connectivity index (χ2v) is 6.31. The molecule has 0 aromatic heterocycles. The minimum atomic E-state index is -0.261. The highest BCUT2D eigenvalue weighted by Gasteiger charge is 2.63. The summed E-state index contributed by atoms with van der Waals surface area (Å²) in [4.78, 5) is 23.6. The fraction of sp³-hybridized carbons (Fsp3) is 0.733. The molecule has 0 amide bonds. The molecule has 4 aliphatic rings. The third-order valence-electron chi connectivity index (χ3n) is 5.60. The van der Waals surface area contributed by atoms with E-state index in [4.69, 9.17) is 4.74 Å². The number of fused-ring (bicyclic) bond motifs is 5. The lowest BCUT2D eigenvalue weighted by atomic mass is 9.74. The molecule has 3 heteroatoms. The van der Waals surface area contributed by atoms with E-state index in [9.17, 15) is 9.59 Å². The van der Waals surface area contributed by atoms with Gasteiger partial charge in [-0.25, -0.2) is 0 Å². The van der Waals surface area contributed by atoms with E-state index in [1.807, 2.05) is 0 Å². The lowest BCUT2D eigenvalue weighted by Crippen LogP contribution is -2.26. The van der Waals surface area contributed by atoms with E-state index in [0.29, 0.717) is 5.92 Å². The quantitative estimate of drug-likeness (QED) is 0.405. The predicted octanol–water partition coefficient (Wildman–Crippen LogP) is 2.31. The van der Waals surface area contributed by atoms with Crippen molar-refractivity contribution < 1.29 is 14.3 Å². The summed E-state index contributed by atoms with van der Waals surface area (Å²) >= 11 is 0. The van der Waals surface area contributed by atoms with Crippen molar-refractivity contribution in [3.8, 4) is 0 Å². The van der Waals surface area contributed by atoms with Crippen LogP contribution in [0.3, 0.4) is 0 Å². The van der Waals surface area contributed by atoms with Crippen LogP contribution >= 0.6 is 0 Å². The third-order valence-corrected chi connectivity index (χ3v) is 5.60. The van der Waals surface area contributed by atoms with Crippen molar-refractivity contribution in [2.24, 2.45) is 35.5 Å². The van der Waals surface area contributed by atoms with Crippen LogP contribution in [0, 0.1) is 35.5 Å². The van der Waals surface area contributed by atoms with Crippen molar-refractivity contribution in [1.82, 2.24) is 0 Å². The second-order valence-electron chi connectivity index (χ2n) is 6.31. The molecule has 2 saturated carbocycles. The number of ether oxygens (including phenoxy) is 1. The molecule has 2 bridgehead atoms. The van der Waals surface area contributed by atoms with E-state index in [2.05, 4.69) is 12.2 Å². The van der Waals surface area contributed by atoms with Gasteiger partial charge in [0.1, 0.15) is 0 Å². The fourth-order valence-corrected chi connectivity index (χ4v) is 4.96. The summed E-state index contributed by atoms with van der Waals surface area (Å²) in [5, 5.41) is 0. The lowest BCUT2D eigenvalue weighted by molar-refractivity contribution is -0.155. The fourth-order valence-electron chi connectivity index (χ4n) is 4.96. The zero-order chi connectivity index (χ0) is 12.3. The highest BCUT2D eigenvalue weighted by atomic mass is 16.6. The van der Waals surface area contributed by atoms with E-state index in [1.165, 1.54) is 32.1 Å². The first-order chi connectivity index (χ1) is 8.77. The van der Waals surface area contributed by atoms with Crippen LogP contribution in [0.5, 0.6) is 0 Å². The Balaban J connectivity index is 1.65. The van der Waals surface area contributed by atoms with Gasteiger partial charge in [-0.2, -0.15) is 0 Å². The van der Waals surface area contributed by atoms with Gasteiger partial charge in [-0.3, -0.25) is 9.59 Å². The first-order valence-corrected chi connectivity index (χ1v) is 7.21. The van der Waals surface area contributed by atoms with E-state index < -0.39 is 0 Å². The SMILES string of the molecule is O=C1OC(=O)C2C3C=CC(C12)C3C1CCCCC1. The maximum absolute atomic E-state index is 11.8. The Labute approximate surface area is 107 Å². The summed E-state index contributed by atoms with van der Waals surface area (Å²) in [5.41, 5.74) is 0. The highest BCUT2D eigenvalue weighted by Crippen LogP contribution is 2.59. The van der Waals surface area contributed by atoms with Gasteiger partial charge in [-0.05, 0) is 23.7 Å². The molecule has 0 spiro atoms. The highest BCUT2D eigenvalue weighted by molar-refractivity contribution is 5.98. The molecule has 0 aromatic carbocycles. The van der Waals surface area contributed by atoms with Gasteiger partial charge in [-0.15, -0.1) is 0 Å². The minimum Gasteiger partial charge on any atom is -0.393 e. The lowest BCUT2D eigenvalue weighted by Gasteiger charge is -2.31. The van der Waals surface area contributed by atoms with E-state index >= 15 is 0 Å². The van der Waals surface area contributed by atoms with Gasteiger partial charge < -0.3 is 4.74 Å². The monoisotopic (exact) mass is 246 g/mol. The van der Waals surface area contributed by atoms with E-state index in [-0.39, 0.29) is 35.6 Å². The number of hydrogen-bond acceptors (Lipinski definition) is 3. The third kappa shape index (κ3) is 1.25. The average Bonchev–Trinajstić information content (AvgIpc) is 3.02.